The lowest BCUT2D eigenvalue weighted by molar-refractivity contribution is -0.159. The Morgan fingerprint density at radius 1 is 1.39 bits per heavy atom. The summed E-state index contributed by atoms with van der Waals surface area (Å²) in [6, 6.07) is -0.533. The Morgan fingerprint density at radius 2 is 1.89 bits per heavy atom. The second kappa shape index (κ2) is 4.64. The van der Waals surface area contributed by atoms with E-state index in [-0.39, 0.29) is 11.8 Å². The molecule has 1 aliphatic rings. The summed E-state index contributed by atoms with van der Waals surface area (Å²) < 4.78 is 0. The minimum absolute atomic E-state index is 0.0810. The van der Waals surface area contributed by atoms with Crippen LogP contribution in [0.5, 0.6) is 0 Å². The van der Waals surface area contributed by atoms with Gasteiger partial charge in [-0.1, -0.05) is 19.8 Å². The van der Waals surface area contributed by atoms with Crippen LogP contribution in [0.25, 0.3) is 0 Å². The van der Waals surface area contributed by atoms with Gasteiger partial charge in [-0.3, -0.25) is 9.59 Å². The average Bonchev–Trinajstić information content (AvgIpc) is 2.34. The van der Waals surface area contributed by atoms with Crippen molar-refractivity contribution in [1.82, 2.24) is 10.2 Å². The molecule has 0 aromatic heterocycles. The summed E-state index contributed by atoms with van der Waals surface area (Å²) in [5.74, 6) is 2.39. The molecule has 1 rings (SSSR count). The van der Waals surface area contributed by atoms with E-state index in [1.165, 1.54) is 0 Å². The van der Waals surface area contributed by atoms with E-state index in [9.17, 15) is 9.59 Å². The molecule has 4 nitrogen and oxygen atoms in total. The van der Waals surface area contributed by atoms with Crippen LogP contribution in [-0.2, 0) is 9.59 Å². The Bertz CT molecular complexity index is 403. The van der Waals surface area contributed by atoms with E-state index < -0.39 is 17.1 Å². The zero-order chi connectivity index (χ0) is 14.1. The molecule has 1 unspecified atom stereocenters. The molecule has 1 saturated heterocycles. The highest BCUT2D eigenvalue weighted by molar-refractivity contribution is 6.00. The van der Waals surface area contributed by atoms with E-state index in [1.54, 1.807) is 25.7 Å². The minimum Gasteiger partial charge on any atom is -0.340 e. The molecule has 0 aromatic carbocycles. The van der Waals surface area contributed by atoms with Gasteiger partial charge >= 0.3 is 0 Å². The predicted molar refractivity (Wildman–Crippen MR) is 70.7 cm³/mol. The number of nitrogens with zero attached hydrogens (tertiary/aromatic N) is 1. The third-order valence-electron chi connectivity index (χ3n) is 3.92. The highest BCUT2D eigenvalue weighted by atomic mass is 16.2. The van der Waals surface area contributed by atoms with E-state index in [2.05, 4.69) is 11.2 Å². The molecule has 1 N–H and O–H groups in total. The molecule has 0 aromatic rings. The number of amides is 2. The quantitative estimate of drug-likeness (QED) is 0.768. The standard InChI is InChI=1S/C14H22N2O2/c1-7-13(5,6)16-10(4)11(17)15-14(8-2,9-3)12(16)18/h1,10H,8-9H2,2-6H3,(H,15,17). The fraction of sp³-hybridized carbons (Fsp3) is 0.714. The lowest BCUT2D eigenvalue weighted by Crippen LogP contribution is -2.72. The summed E-state index contributed by atoms with van der Waals surface area (Å²) in [5, 5.41) is 2.86. The van der Waals surface area contributed by atoms with Crippen LogP contribution in [0.15, 0.2) is 0 Å². The largest absolute Gasteiger partial charge is 0.340 e. The van der Waals surface area contributed by atoms with Crippen LogP contribution in [0.1, 0.15) is 47.5 Å². The first-order valence-corrected chi connectivity index (χ1v) is 6.39. The zero-order valence-corrected chi connectivity index (χ0v) is 11.8. The van der Waals surface area contributed by atoms with Crippen LogP contribution < -0.4 is 5.32 Å². The molecular weight excluding hydrogens is 228 g/mol. The Kier molecular flexibility index (Phi) is 3.75. The summed E-state index contributed by atoms with van der Waals surface area (Å²) in [6.45, 7) is 9.09. The molecule has 1 aliphatic heterocycles. The van der Waals surface area contributed by atoms with E-state index in [0.29, 0.717) is 12.8 Å². The second-order valence-corrected chi connectivity index (χ2v) is 5.33. The molecule has 0 aliphatic carbocycles. The Balaban J connectivity index is 3.28. The van der Waals surface area contributed by atoms with Crippen LogP contribution in [0.4, 0.5) is 0 Å². The predicted octanol–water partition coefficient (Wildman–Crippen LogP) is 1.30. The molecule has 100 valence electrons. The maximum atomic E-state index is 12.7. The van der Waals surface area contributed by atoms with Gasteiger partial charge in [-0.15, -0.1) is 6.42 Å². The summed E-state index contributed by atoms with van der Waals surface area (Å²) >= 11 is 0. The molecule has 1 fully saturated rings. The molecule has 18 heavy (non-hydrogen) atoms. The number of terminal acetylenes is 1. The van der Waals surface area contributed by atoms with Gasteiger partial charge in [0.2, 0.25) is 11.8 Å². The molecule has 0 spiro atoms. The van der Waals surface area contributed by atoms with Crippen LogP contribution in [-0.4, -0.2) is 33.8 Å². The van der Waals surface area contributed by atoms with Gasteiger partial charge in [0.15, 0.2) is 0 Å². The van der Waals surface area contributed by atoms with Crippen LogP contribution >= 0.6 is 0 Å². The molecule has 1 atom stereocenters. The van der Waals surface area contributed by atoms with Crippen molar-refractivity contribution < 1.29 is 9.59 Å². The van der Waals surface area contributed by atoms with E-state index in [1.807, 2.05) is 13.8 Å². The van der Waals surface area contributed by atoms with Gasteiger partial charge in [-0.05, 0) is 33.6 Å². The number of nitrogens with one attached hydrogen (secondary N) is 1. The lowest BCUT2D eigenvalue weighted by atomic mass is 9.84. The monoisotopic (exact) mass is 250 g/mol. The van der Waals surface area contributed by atoms with Crippen molar-refractivity contribution in [3.8, 4) is 12.3 Å². The van der Waals surface area contributed by atoms with Crippen molar-refractivity contribution >= 4 is 11.8 Å². The molecule has 0 radical (unpaired) electrons. The Labute approximate surface area is 109 Å². The van der Waals surface area contributed by atoms with Crippen LogP contribution in [0.2, 0.25) is 0 Å². The van der Waals surface area contributed by atoms with Crippen molar-refractivity contribution in [1.29, 1.82) is 0 Å². The fourth-order valence-electron chi connectivity index (χ4n) is 2.45. The first-order chi connectivity index (χ1) is 8.25. The minimum atomic E-state index is -0.808. The fourth-order valence-corrected chi connectivity index (χ4v) is 2.45. The van der Waals surface area contributed by atoms with E-state index >= 15 is 0 Å². The van der Waals surface area contributed by atoms with E-state index in [0.717, 1.165) is 0 Å². The third-order valence-corrected chi connectivity index (χ3v) is 3.92. The van der Waals surface area contributed by atoms with Gasteiger partial charge in [0, 0.05) is 0 Å². The third kappa shape index (κ3) is 1.98. The number of carbonyl (C=O) groups excluding carboxylic acids is 2. The maximum absolute atomic E-state index is 12.7. The van der Waals surface area contributed by atoms with Crippen LogP contribution in [0.3, 0.4) is 0 Å². The lowest BCUT2D eigenvalue weighted by Gasteiger charge is -2.49. The molecule has 1 heterocycles. The summed E-state index contributed by atoms with van der Waals surface area (Å²) in [7, 11) is 0. The molecule has 4 heteroatoms. The topological polar surface area (TPSA) is 49.4 Å². The van der Waals surface area contributed by atoms with Gasteiger partial charge in [0.1, 0.15) is 11.6 Å². The Hall–Kier alpha value is -1.50. The number of rotatable bonds is 3. The van der Waals surface area contributed by atoms with Crippen molar-refractivity contribution in [2.45, 2.75) is 64.6 Å². The first-order valence-electron chi connectivity index (χ1n) is 6.39. The summed E-state index contributed by atoms with van der Waals surface area (Å²) in [6.07, 6.45) is 6.64. The molecule has 0 bridgehead atoms. The smallest absolute Gasteiger partial charge is 0.250 e. The van der Waals surface area contributed by atoms with Crippen molar-refractivity contribution in [2.24, 2.45) is 0 Å². The van der Waals surface area contributed by atoms with Crippen molar-refractivity contribution in [2.75, 3.05) is 0 Å². The zero-order valence-electron chi connectivity index (χ0n) is 11.8. The number of hydrogen-bond acceptors (Lipinski definition) is 2. The van der Waals surface area contributed by atoms with Gasteiger partial charge < -0.3 is 10.2 Å². The van der Waals surface area contributed by atoms with Gasteiger partial charge in [-0.2, -0.15) is 0 Å². The van der Waals surface area contributed by atoms with Crippen molar-refractivity contribution in [3.63, 3.8) is 0 Å². The van der Waals surface area contributed by atoms with Crippen LogP contribution in [0, 0.1) is 12.3 Å². The highest BCUT2D eigenvalue weighted by Gasteiger charge is 2.51. The number of hydrogen-bond donors (Lipinski definition) is 1. The molecular formula is C14H22N2O2. The normalized spacial score (nSPS) is 23.6. The SMILES string of the molecule is C#CC(C)(C)N1C(=O)C(CC)(CC)NC(=O)C1C. The Morgan fingerprint density at radius 3 is 2.28 bits per heavy atom. The number of piperazine rings is 1. The second-order valence-electron chi connectivity index (χ2n) is 5.33. The highest BCUT2D eigenvalue weighted by Crippen LogP contribution is 2.30. The van der Waals surface area contributed by atoms with Gasteiger partial charge in [-0.25, -0.2) is 0 Å². The average molecular weight is 250 g/mol. The van der Waals surface area contributed by atoms with E-state index in [4.69, 9.17) is 6.42 Å². The summed E-state index contributed by atoms with van der Waals surface area (Å²) in [5.41, 5.74) is -1.57. The molecule has 2 amide bonds. The van der Waals surface area contributed by atoms with Gasteiger partial charge in [0.25, 0.3) is 0 Å². The first kappa shape index (κ1) is 14.6. The van der Waals surface area contributed by atoms with Crippen molar-refractivity contribution in [3.05, 3.63) is 0 Å². The number of carbonyl (C=O) groups is 2. The van der Waals surface area contributed by atoms with Gasteiger partial charge in [0.05, 0.1) is 5.54 Å². The molecule has 0 saturated carbocycles. The summed E-state index contributed by atoms with van der Waals surface area (Å²) in [4.78, 5) is 26.3. The maximum Gasteiger partial charge on any atom is 0.250 e.